The first-order valence-electron chi connectivity index (χ1n) is 9.57. The predicted molar refractivity (Wildman–Crippen MR) is 116 cm³/mol. The van der Waals surface area contributed by atoms with Crippen LogP contribution in [0.3, 0.4) is 0 Å². The third-order valence-corrected chi connectivity index (χ3v) is 5.99. The van der Waals surface area contributed by atoms with Gasteiger partial charge in [-0.15, -0.1) is 10.2 Å². The van der Waals surface area contributed by atoms with Gasteiger partial charge in [0.1, 0.15) is 5.69 Å². The van der Waals surface area contributed by atoms with Gasteiger partial charge in [0.15, 0.2) is 11.5 Å². The first kappa shape index (κ1) is 20.2. The second-order valence-corrected chi connectivity index (χ2v) is 7.88. The zero-order chi connectivity index (χ0) is 21.1. The highest BCUT2D eigenvalue weighted by Crippen LogP contribution is 2.30. The maximum absolute atomic E-state index is 12.9. The van der Waals surface area contributed by atoms with Gasteiger partial charge < -0.3 is 24.6 Å². The van der Waals surface area contributed by atoms with Crippen molar-refractivity contribution in [2.45, 2.75) is 0 Å². The fourth-order valence-electron chi connectivity index (χ4n) is 3.27. The summed E-state index contributed by atoms with van der Waals surface area (Å²) in [5.41, 5.74) is 1.09. The number of carbonyl (C=O) groups is 1. The lowest BCUT2D eigenvalue weighted by Crippen LogP contribution is -2.44. The molecule has 4 rings (SSSR count). The van der Waals surface area contributed by atoms with Gasteiger partial charge in [0, 0.05) is 44.1 Å². The Morgan fingerprint density at radius 1 is 1.03 bits per heavy atom. The van der Waals surface area contributed by atoms with Crippen LogP contribution < -0.4 is 19.7 Å². The highest BCUT2D eigenvalue weighted by Gasteiger charge is 2.20. The van der Waals surface area contributed by atoms with Crippen molar-refractivity contribution in [3.05, 3.63) is 42.2 Å². The molecule has 0 spiro atoms. The summed E-state index contributed by atoms with van der Waals surface area (Å²) in [7, 11) is 5.25. The lowest BCUT2D eigenvalue weighted by atomic mass is 10.2. The van der Waals surface area contributed by atoms with Crippen molar-refractivity contribution >= 4 is 28.1 Å². The Bertz CT molecular complexity index is 1030. The van der Waals surface area contributed by atoms with E-state index < -0.39 is 0 Å². The number of amides is 1. The molecule has 3 heterocycles. The van der Waals surface area contributed by atoms with Crippen molar-refractivity contribution < 1.29 is 14.3 Å². The molecule has 1 aliphatic heterocycles. The number of likely N-dealkylation sites (N-methyl/N-ethyl adjacent to an activating group) is 1. The van der Waals surface area contributed by atoms with E-state index in [2.05, 4.69) is 32.4 Å². The van der Waals surface area contributed by atoms with Crippen LogP contribution >= 0.6 is 11.3 Å². The minimum Gasteiger partial charge on any atom is -0.493 e. The molecule has 0 atom stereocenters. The lowest BCUT2D eigenvalue weighted by Gasteiger charge is -2.31. The van der Waals surface area contributed by atoms with E-state index in [1.807, 2.05) is 12.3 Å². The number of benzene rings is 1. The number of piperazine rings is 1. The number of carbonyl (C=O) groups excluding carboxylic acids is 1. The highest BCUT2D eigenvalue weighted by molar-refractivity contribution is 7.17. The first-order chi connectivity index (χ1) is 14.6. The van der Waals surface area contributed by atoms with Crippen LogP contribution in [0.1, 0.15) is 10.5 Å². The Morgan fingerprint density at radius 3 is 2.50 bits per heavy atom. The molecule has 1 amide bonds. The smallest absolute Gasteiger partial charge is 0.272 e. The number of hydrogen-bond acceptors (Lipinski definition) is 8. The van der Waals surface area contributed by atoms with Crippen LogP contribution in [-0.4, -0.2) is 73.0 Å². The predicted octanol–water partition coefficient (Wildman–Crippen LogP) is 2.35. The van der Waals surface area contributed by atoms with Crippen molar-refractivity contribution in [3.8, 4) is 16.6 Å². The molecule has 1 fully saturated rings. The molecule has 1 aromatic carbocycles. The number of methoxy groups -OCH3 is 2. The number of nitrogens with zero attached hydrogens (tertiary/aromatic N) is 5. The summed E-state index contributed by atoms with van der Waals surface area (Å²) >= 11 is 1.48. The zero-order valence-electron chi connectivity index (χ0n) is 17.2. The average Bonchev–Trinajstić information content (AvgIpc) is 3.43. The third kappa shape index (κ3) is 4.10. The quantitative estimate of drug-likeness (QED) is 0.645. The molecule has 1 aliphatic rings. The van der Waals surface area contributed by atoms with E-state index in [1.54, 1.807) is 43.1 Å². The van der Waals surface area contributed by atoms with Crippen LogP contribution in [0.5, 0.6) is 11.5 Å². The number of rotatable bonds is 6. The molecule has 2 aromatic heterocycles. The van der Waals surface area contributed by atoms with E-state index in [0.29, 0.717) is 28.0 Å². The van der Waals surface area contributed by atoms with Crippen molar-refractivity contribution in [3.63, 3.8) is 0 Å². The minimum absolute atomic E-state index is 0.247. The van der Waals surface area contributed by atoms with E-state index in [1.165, 1.54) is 11.3 Å². The molecule has 10 heteroatoms. The maximum Gasteiger partial charge on any atom is 0.272 e. The maximum atomic E-state index is 12.9. The second kappa shape index (κ2) is 8.72. The number of ether oxygens (including phenoxy) is 2. The van der Waals surface area contributed by atoms with Gasteiger partial charge in [0.2, 0.25) is 10.3 Å². The van der Waals surface area contributed by atoms with Crippen LogP contribution in [0.25, 0.3) is 5.13 Å². The van der Waals surface area contributed by atoms with Gasteiger partial charge in [-0.2, -0.15) is 0 Å². The molecule has 3 aromatic rings. The third-order valence-electron chi connectivity index (χ3n) is 5.01. The Balaban J connectivity index is 1.51. The van der Waals surface area contributed by atoms with Crippen LogP contribution in [0, 0.1) is 0 Å². The number of nitrogens with one attached hydrogen (secondary N) is 1. The monoisotopic (exact) mass is 428 g/mol. The summed E-state index contributed by atoms with van der Waals surface area (Å²) in [5, 5.41) is 13.1. The number of anilines is 2. The van der Waals surface area contributed by atoms with Crippen LogP contribution in [-0.2, 0) is 0 Å². The van der Waals surface area contributed by atoms with Crippen molar-refractivity contribution in [1.82, 2.24) is 19.7 Å². The zero-order valence-corrected chi connectivity index (χ0v) is 18.0. The van der Waals surface area contributed by atoms with Crippen LogP contribution in [0.4, 0.5) is 10.8 Å². The molecule has 0 radical (unpaired) electrons. The Hall–Kier alpha value is -3.11. The molecule has 0 aliphatic carbocycles. The Morgan fingerprint density at radius 2 is 1.77 bits per heavy atom. The minimum atomic E-state index is -0.247. The summed E-state index contributed by atoms with van der Waals surface area (Å²) in [5.74, 6) is 0.902. The van der Waals surface area contributed by atoms with Crippen LogP contribution in [0.15, 0.2) is 36.5 Å². The molecular formula is C20H24N6O3S. The standard InChI is InChI=1S/C20H24N6O3S/c1-24-9-11-25(12-10-24)19-22-23-20(30-19)26-8-4-5-15(26)18(27)21-14-6-7-16(28-2)17(13-14)29-3/h4-8,13H,9-12H2,1-3H3,(H,21,27). The highest BCUT2D eigenvalue weighted by atomic mass is 32.1. The largest absolute Gasteiger partial charge is 0.493 e. The van der Waals surface area contributed by atoms with E-state index >= 15 is 0 Å². The molecule has 1 N–H and O–H groups in total. The van der Waals surface area contributed by atoms with Crippen LogP contribution in [0.2, 0.25) is 0 Å². The van der Waals surface area contributed by atoms with E-state index in [9.17, 15) is 4.79 Å². The fourth-order valence-corrected chi connectivity index (χ4v) is 4.17. The molecular weight excluding hydrogens is 404 g/mol. The van der Waals surface area contributed by atoms with Gasteiger partial charge in [-0.1, -0.05) is 11.3 Å². The Kier molecular flexibility index (Phi) is 5.86. The van der Waals surface area contributed by atoms with E-state index in [4.69, 9.17) is 9.47 Å². The van der Waals surface area contributed by atoms with E-state index in [0.717, 1.165) is 31.3 Å². The fraction of sp³-hybridized carbons (Fsp3) is 0.350. The normalized spacial score (nSPS) is 14.6. The number of aromatic nitrogens is 3. The molecule has 0 saturated carbocycles. The molecule has 0 bridgehead atoms. The van der Waals surface area contributed by atoms with E-state index in [-0.39, 0.29) is 5.91 Å². The SMILES string of the molecule is COc1ccc(NC(=O)c2cccn2-c2nnc(N3CCN(C)CC3)s2)cc1OC. The summed E-state index contributed by atoms with van der Waals surface area (Å²) < 4.78 is 12.3. The van der Waals surface area contributed by atoms with Gasteiger partial charge in [-0.25, -0.2) is 0 Å². The molecule has 1 saturated heterocycles. The summed E-state index contributed by atoms with van der Waals surface area (Å²) in [4.78, 5) is 17.4. The average molecular weight is 429 g/mol. The summed E-state index contributed by atoms with van der Waals surface area (Å²) in [6.07, 6.45) is 1.82. The molecule has 158 valence electrons. The van der Waals surface area contributed by atoms with Gasteiger partial charge >= 0.3 is 0 Å². The van der Waals surface area contributed by atoms with Gasteiger partial charge in [0.05, 0.1) is 14.2 Å². The first-order valence-corrected chi connectivity index (χ1v) is 10.4. The van der Waals surface area contributed by atoms with Gasteiger partial charge in [0.25, 0.3) is 5.91 Å². The molecule has 0 unspecified atom stereocenters. The van der Waals surface area contributed by atoms with Crippen molar-refractivity contribution in [2.75, 3.05) is 57.7 Å². The lowest BCUT2D eigenvalue weighted by molar-refractivity contribution is 0.102. The summed E-state index contributed by atoms with van der Waals surface area (Å²) in [6, 6.07) is 8.82. The number of hydrogen-bond donors (Lipinski definition) is 1. The molecule has 9 nitrogen and oxygen atoms in total. The Labute approximate surface area is 178 Å². The molecule has 30 heavy (non-hydrogen) atoms. The summed E-state index contributed by atoms with van der Waals surface area (Å²) in [6.45, 7) is 3.84. The van der Waals surface area contributed by atoms with Gasteiger partial charge in [-0.3, -0.25) is 9.36 Å². The van der Waals surface area contributed by atoms with Crippen molar-refractivity contribution in [1.29, 1.82) is 0 Å². The van der Waals surface area contributed by atoms with Crippen molar-refractivity contribution in [2.24, 2.45) is 0 Å². The topological polar surface area (TPSA) is 84.7 Å². The van der Waals surface area contributed by atoms with Gasteiger partial charge in [-0.05, 0) is 31.3 Å². The second-order valence-electron chi connectivity index (χ2n) is 6.94.